The van der Waals surface area contributed by atoms with Crippen LogP contribution in [0.25, 0.3) is 0 Å². The highest BCUT2D eigenvalue weighted by Crippen LogP contribution is 2.30. The summed E-state index contributed by atoms with van der Waals surface area (Å²) in [6, 6.07) is 6.62. The maximum atomic E-state index is 11.5. The van der Waals surface area contributed by atoms with Gasteiger partial charge in [0.2, 0.25) is 0 Å². The molecule has 0 aliphatic carbocycles. The Balaban J connectivity index is 2.00. The molecule has 1 saturated heterocycles. The molecule has 1 aliphatic rings. The highest BCUT2D eigenvalue weighted by Gasteiger charge is 2.37. The van der Waals surface area contributed by atoms with Crippen molar-refractivity contribution < 1.29 is 29.3 Å². The van der Waals surface area contributed by atoms with Crippen molar-refractivity contribution in [1.82, 2.24) is 4.90 Å². The van der Waals surface area contributed by atoms with E-state index in [1.807, 2.05) is 6.92 Å². The molecule has 7 heteroatoms. The third-order valence-corrected chi connectivity index (χ3v) is 4.42. The van der Waals surface area contributed by atoms with Crippen LogP contribution >= 0.6 is 0 Å². The van der Waals surface area contributed by atoms with Gasteiger partial charge in [0.15, 0.2) is 0 Å². The molecule has 0 bridgehead atoms. The maximum absolute atomic E-state index is 11.5. The van der Waals surface area contributed by atoms with Gasteiger partial charge >= 0.3 is 11.9 Å². The average Bonchev–Trinajstić information content (AvgIpc) is 2.55. The van der Waals surface area contributed by atoms with Crippen LogP contribution in [0.1, 0.15) is 25.8 Å². The molecule has 1 aromatic carbocycles. The van der Waals surface area contributed by atoms with E-state index in [-0.39, 0.29) is 6.10 Å². The number of morpholine rings is 1. The van der Waals surface area contributed by atoms with Gasteiger partial charge < -0.3 is 19.7 Å². The lowest BCUT2D eigenvalue weighted by molar-refractivity contribution is -0.149. The molecule has 1 fully saturated rings. The zero-order chi connectivity index (χ0) is 18.4. The van der Waals surface area contributed by atoms with E-state index in [0.29, 0.717) is 11.3 Å². The number of aliphatic carboxylic acids is 2. The van der Waals surface area contributed by atoms with Gasteiger partial charge in [-0.15, -0.1) is 0 Å². The summed E-state index contributed by atoms with van der Waals surface area (Å²) in [4.78, 5) is 24.8. The predicted molar refractivity (Wildman–Crippen MR) is 91.0 cm³/mol. The largest absolute Gasteiger partial charge is 0.489 e. The number of hydrogen-bond acceptors (Lipinski definition) is 5. The number of rotatable bonds is 8. The third-order valence-electron chi connectivity index (χ3n) is 4.42. The van der Waals surface area contributed by atoms with Crippen molar-refractivity contribution in [2.45, 2.75) is 31.8 Å². The second-order valence-corrected chi connectivity index (χ2v) is 6.57. The molecule has 1 aliphatic heterocycles. The third kappa shape index (κ3) is 5.17. The zero-order valence-corrected chi connectivity index (χ0v) is 14.6. The molecule has 2 rings (SSSR count). The molecular formula is C18H25NO6. The summed E-state index contributed by atoms with van der Waals surface area (Å²) in [5.74, 6) is -1.68. The number of carboxylic acid groups (broad SMARTS) is 2. The number of benzene rings is 1. The molecule has 0 radical (unpaired) electrons. The first-order valence-electron chi connectivity index (χ1n) is 8.34. The second kappa shape index (κ2) is 8.31. The minimum Gasteiger partial charge on any atom is -0.489 e. The molecule has 2 N–H and O–H groups in total. The Labute approximate surface area is 147 Å². The van der Waals surface area contributed by atoms with Crippen molar-refractivity contribution >= 4 is 11.9 Å². The Morgan fingerprint density at radius 1 is 1.24 bits per heavy atom. The van der Waals surface area contributed by atoms with Crippen LogP contribution in [-0.2, 0) is 19.7 Å². The summed E-state index contributed by atoms with van der Waals surface area (Å²) in [6.45, 7) is 7.43. The fourth-order valence-electron chi connectivity index (χ4n) is 2.92. The van der Waals surface area contributed by atoms with Crippen molar-refractivity contribution in [3.63, 3.8) is 0 Å². The Kier molecular flexibility index (Phi) is 6.39. The monoisotopic (exact) mass is 351 g/mol. The molecule has 1 aromatic rings. The first-order valence-corrected chi connectivity index (χ1v) is 8.34. The van der Waals surface area contributed by atoms with E-state index in [4.69, 9.17) is 14.6 Å². The number of ether oxygens (including phenoxy) is 2. The van der Waals surface area contributed by atoms with Gasteiger partial charge in [-0.2, -0.15) is 0 Å². The zero-order valence-electron chi connectivity index (χ0n) is 14.6. The summed E-state index contributed by atoms with van der Waals surface area (Å²) in [5.41, 5.74) is -1.03. The van der Waals surface area contributed by atoms with Crippen molar-refractivity contribution in [2.24, 2.45) is 0 Å². The van der Waals surface area contributed by atoms with Gasteiger partial charge in [-0.1, -0.05) is 12.1 Å². The van der Waals surface area contributed by atoms with Crippen LogP contribution in [-0.4, -0.2) is 66.0 Å². The fraction of sp³-hybridized carbons (Fsp3) is 0.556. The first kappa shape index (κ1) is 19.2. The number of carbonyl (C=O) groups is 2. The minimum atomic E-state index is -1.47. The van der Waals surface area contributed by atoms with Crippen LogP contribution in [0.5, 0.6) is 5.75 Å². The lowest BCUT2D eigenvalue weighted by atomic mass is 9.79. The van der Waals surface area contributed by atoms with Gasteiger partial charge in [0.05, 0.1) is 19.6 Å². The Morgan fingerprint density at radius 3 is 2.36 bits per heavy atom. The van der Waals surface area contributed by atoms with E-state index >= 15 is 0 Å². The van der Waals surface area contributed by atoms with Crippen molar-refractivity contribution in [3.05, 3.63) is 29.8 Å². The number of nitrogens with zero attached hydrogens (tertiary/aromatic N) is 1. The highest BCUT2D eigenvalue weighted by atomic mass is 16.5. The summed E-state index contributed by atoms with van der Waals surface area (Å²) < 4.78 is 11.2. The van der Waals surface area contributed by atoms with E-state index < -0.39 is 23.8 Å². The molecule has 0 aromatic heterocycles. The van der Waals surface area contributed by atoms with Gasteiger partial charge in [0.1, 0.15) is 17.3 Å². The molecule has 0 amide bonds. The molecule has 0 saturated carbocycles. The van der Waals surface area contributed by atoms with Gasteiger partial charge in [0.25, 0.3) is 0 Å². The number of carboxylic acids is 2. The molecular weight excluding hydrogens is 326 g/mol. The Hall–Kier alpha value is -2.12. The van der Waals surface area contributed by atoms with Crippen LogP contribution in [0.15, 0.2) is 24.3 Å². The first-order chi connectivity index (χ1) is 11.8. The van der Waals surface area contributed by atoms with E-state index in [0.717, 1.165) is 32.8 Å². The normalized spacial score (nSPS) is 19.0. The van der Waals surface area contributed by atoms with Gasteiger partial charge in [-0.25, -0.2) is 0 Å². The molecule has 1 heterocycles. The molecule has 2 atom stereocenters. The van der Waals surface area contributed by atoms with Crippen molar-refractivity contribution in [3.8, 4) is 5.75 Å². The quantitative estimate of drug-likeness (QED) is 0.734. The predicted octanol–water partition coefficient (Wildman–Crippen LogP) is 1.60. The van der Waals surface area contributed by atoms with Gasteiger partial charge in [-0.3, -0.25) is 14.5 Å². The lowest BCUT2D eigenvalue weighted by Crippen LogP contribution is -2.41. The Bertz CT molecular complexity index is 596. The van der Waals surface area contributed by atoms with Gasteiger partial charge in [-0.05, 0) is 31.5 Å². The minimum absolute atomic E-state index is 0.0196. The standard InChI is InChI=1S/C18H25NO6/c1-13(12-19-7-9-24-10-8-19)25-15-5-3-14(4-6-15)18(2,17(22)23)11-16(20)21/h3-6,13H,7-12H2,1-2H3,(H,20,21)(H,22,23). The van der Waals surface area contributed by atoms with Crippen LogP contribution in [0.3, 0.4) is 0 Å². The fourth-order valence-corrected chi connectivity index (χ4v) is 2.92. The highest BCUT2D eigenvalue weighted by molar-refractivity contribution is 5.86. The van der Waals surface area contributed by atoms with Crippen LogP contribution < -0.4 is 4.74 Å². The molecule has 138 valence electrons. The summed E-state index contributed by atoms with van der Waals surface area (Å²) >= 11 is 0. The van der Waals surface area contributed by atoms with E-state index in [1.165, 1.54) is 6.92 Å². The maximum Gasteiger partial charge on any atom is 0.314 e. The second-order valence-electron chi connectivity index (χ2n) is 6.57. The summed E-state index contributed by atoms with van der Waals surface area (Å²) in [6.07, 6.45) is -0.496. The van der Waals surface area contributed by atoms with E-state index in [9.17, 15) is 14.7 Å². The van der Waals surface area contributed by atoms with E-state index in [1.54, 1.807) is 24.3 Å². The summed E-state index contributed by atoms with van der Waals surface area (Å²) in [5, 5.41) is 18.4. The topological polar surface area (TPSA) is 96.3 Å². The molecule has 7 nitrogen and oxygen atoms in total. The molecule has 25 heavy (non-hydrogen) atoms. The van der Waals surface area contributed by atoms with Crippen molar-refractivity contribution in [2.75, 3.05) is 32.8 Å². The molecule has 0 spiro atoms. The lowest BCUT2D eigenvalue weighted by Gasteiger charge is -2.29. The smallest absolute Gasteiger partial charge is 0.314 e. The van der Waals surface area contributed by atoms with E-state index in [2.05, 4.69) is 4.90 Å². The van der Waals surface area contributed by atoms with Crippen LogP contribution in [0.4, 0.5) is 0 Å². The number of hydrogen-bond donors (Lipinski definition) is 2. The average molecular weight is 351 g/mol. The van der Waals surface area contributed by atoms with Crippen molar-refractivity contribution in [1.29, 1.82) is 0 Å². The SMILES string of the molecule is CC(CN1CCOCC1)Oc1ccc(C(C)(CC(=O)O)C(=O)O)cc1. The van der Waals surface area contributed by atoms with Gasteiger partial charge in [0, 0.05) is 19.6 Å². The summed E-state index contributed by atoms with van der Waals surface area (Å²) in [7, 11) is 0. The molecule has 2 unspecified atom stereocenters. The Morgan fingerprint density at radius 2 is 1.84 bits per heavy atom. The van der Waals surface area contributed by atoms with Crippen LogP contribution in [0, 0.1) is 0 Å². The van der Waals surface area contributed by atoms with Crippen LogP contribution in [0.2, 0.25) is 0 Å².